The first-order valence-corrected chi connectivity index (χ1v) is 9.62. The lowest BCUT2D eigenvalue weighted by Crippen LogP contribution is -2.62. The third kappa shape index (κ3) is 4.45. The quantitative estimate of drug-likeness (QED) is 0.795. The van der Waals surface area contributed by atoms with Gasteiger partial charge < -0.3 is 33.5 Å². The molecule has 7 heteroatoms. The molecule has 0 aliphatic carbocycles. The zero-order chi connectivity index (χ0) is 20.2. The van der Waals surface area contributed by atoms with Gasteiger partial charge in [0.25, 0.3) is 0 Å². The number of methoxy groups -OCH3 is 2. The number of aliphatic hydroxyl groups is 1. The average Bonchev–Trinajstić information content (AvgIpc) is 2.79. The fourth-order valence-electron chi connectivity index (χ4n) is 3.63. The highest BCUT2D eigenvalue weighted by atomic mass is 16.8. The third-order valence-corrected chi connectivity index (χ3v) is 5.21. The SMILES string of the molecule is COc1ccc(CO[C@@H]2[C@@H](OC)O[C@@H]3CO[C@@H](c4ccccc4)O[C@H]3[C@@H]2O)cc1. The van der Waals surface area contributed by atoms with E-state index in [4.69, 9.17) is 28.4 Å². The molecular formula is C22H26O7. The minimum absolute atomic E-state index is 0.297. The molecule has 2 aromatic carbocycles. The Morgan fingerprint density at radius 1 is 1.00 bits per heavy atom. The Morgan fingerprint density at radius 3 is 2.45 bits per heavy atom. The van der Waals surface area contributed by atoms with Gasteiger partial charge in [0.1, 0.15) is 30.2 Å². The summed E-state index contributed by atoms with van der Waals surface area (Å²) in [6, 6.07) is 17.2. The summed E-state index contributed by atoms with van der Waals surface area (Å²) in [4.78, 5) is 0. The Kier molecular flexibility index (Phi) is 6.44. The summed E-state index contributed by atoms with van der Waals surface area (Å²) >= 11 is 0. The number of fused-ring (bicyclic) bond motifs is 1. The van der Waals surface area contributed by atoms with Gasteiger partial charge in [-0.2, -0.15) is 0 Å². The predicted molar refractivity (Wildman–Crippen MR) is 103 cm³/mol. The Labute approximate surface area is 170 Å². The van der Waals surface area contributed by atoms with E-state index in [0.717, 1.165) is 16.9 Å². The second-order valence-electron chi connectivity index (χ2n) is 7.07. The lowest BCUT2D eigenvalue weighted by atomic mass is 9.97. The van der Waals surface area contributed by atoms with Crippen LogP contribution in [0.1, 0.15) is 17.4 Å². The van der Waals surface area contributed by atoms with Crippen LogP contribution >= 0.6 is 0 Å². The number of rotatable bonds is 6. The molecule has 7 nitrogen and oxygen atoms in total. The molecule has 29 heavy (non-hydrogen) atoms. The van der Waals surface area contributed by atoms with Crippen LogP contribution in [-0.4, -0.2) is 56.6 Å². The molecule has 0 amide bonds. The zero-order valence-electron chi connectivity index (χ0n) is 16.5. The summed E-state index contributed by atoms with van der Waals surface area (Å²) < 4.78 is 34.4. The van der Waals surface area contributed by atoms with Crippen molar-refractivity contribution in [1.82, 2.24) is 0 Å². The largest absolute Gasteiger partial charge is 0.497 e. The normalized spacial score (nSPS) is 31.8. The second kappa shape index (κ2) is 9.21. The summed E-state index contributed by atoms with van der Waals surface area (Å²) in [7, 11) is 3.15. The van der Waals surface area contributed by atoms with E-state index in [1.807, 2.05) is 54.6 Å². The molecule has 156 valence electrons. The maximum absolute atomic E-state index is 11.0. The van der Waals surface area contributed by atoms with E-state index in [9.17, 15) is 5.11 Å². The molecule has 2 saturated heterocycles. The Balaban J connectivity index is 1.44. The van der Waals surface area contributed by atoms with E-state index < -0.39 is 37.0 Å². The van der Waals surface area contributed by atoms with Crippen LogP contribution in [-0.2, 0) is 30.3 Å². The average molecular weight is 402 g/mol. The van der Waals surface area contributed by atoms with Gasteiger partial charge in [-0.1, -0.05) is 42.5 Å². The molecule has 2 fully saturated rings. The van der Waals surface area contributed by atoms with Crippen LogP contribution in [0.5, 0.6) is 5.75 Å². The van der Waals surface area contributed by atoms with Crippen LogP contribution in [0.2, 0.25) is 0 Å². The molecule has 6 atom stereocenters. The molecule has 0 radical (unpaired) electrons. The molecule has 0 unspecified atom stereocenters. The van der Waals surface area contributed by atoms with Crippen molar-refractivity contribution in [3.8, 4) is 5.75 Å². The van der Waals surface area contributed by atoms with Crippen LogP contribution in [0, 0.1) is 0 Å². The lowest BCUT2D eigenvalue weighted by molar-refractivity contribution is -0.363. The Hall–Kier alpha value is -2.00. The lowest BCUT2D eigenvalue weighted by Gasteiger charge is -2.47. The maximum Gasteiger partial charge on any atom is 0.186 e. The highest BCUT2D eigenvalue weighted by molar-refractivity contribution is 5.26. The monoisotopic (exact) mass is 402 g/mol. The fourth-order valence-corrected chi connectivity index (χ4v) is 3.63. The van der Waals surface area contributed by atoms with Crippen molar-refractivity contribution in [2.75, 3.05) is 20.8 Å². The van der Waals surface area contributed by atoms with Gasteiger partial charge in [-0.15, -0.1) is 0 Å². The van der Waals surface area contributed by atoms with Gasteiger partial charge in [0.15, 0.2) is 12.6 Å². The van der Waals surface area contributed by atoms with E-state index in [1.54, 1.807) is 7.11 Å². The minimum atomic E-state index is -0.924. The molecule has 4 rings (SSSR count). The van der Waals surface area contributed by atoms with E-state index in [2.05, 4.69) is 0 Å². The van der Waals surface area contributed by atoms with Crippen LogP contribution in [0.25, 0.3) is 0 Å². The number of hydrogen-bond donors (Lipinski definition) is 1. The minimum Gasteiger partial charge on any atom is -0.497 e. The molecule has 2 heterocycles. The van der Waals surface area contributed by atoms with Crippen molar-refractivity contribution < 1.29 is 33.5 Å². The van der Waals surface area contributed by atoms with Crippen molar-refractivity contribution in [1.29, 1.82) is 0 Å². The Bertz CT molecular complexity index is 766. The smallest absolute Gasteiger partial charge is 0.186 e. The van der Waals surface area contributed by atoms with Gasteiger partial charge >= 0.3 is 0 Å². The molecule has 0 spiro atoms. The van der Waals surface area contributed by atoms with Crippen molar-refractivity contribution >= 4 is 0 Å². The van der Waals surface area contributed by atoms with Gasteiger partial charge in [0.05, 0.1) is 20.3 Å². The van der Waals surface area contributed by atoms with Crippen molar-refractivity contribution in [2.45, 2.75) is 43.6 Å². The molecule has 0 saturated carbocycles. The van der Waals surface area contributed by atoms with Crippen molar-refractivity contribution in [2.24, 2.45) is 0 Å². The third-order valence-electron chi connectivity index (χ3n) is 5.21. The molecule has 1 N–H and O–H groups in total. The predicted octanol–water partition coefficient (Wildman–Crippen LogP) is 2.43. The molecule has 2 aliphatic rings. The van der Waals surface area contributed by atoms with E-state index in [-0.39, 0.29) is 0 Å². The summed E-state index contributed by atoms with van der Waals surface area (Å²) in [5.41, 5.74) is 1.84. The highest BCUT2D eigenvalue weighted by Crippen LogP contribution is 2.35. The molecule has 0 aromatic heterocycles. The first-order valence-electron chi connectivity index (χ1n) is 9.62. The topological polar surface area (TPSA) is 75.6 Å². The zero-order valence-corrected chi connectivity index (χ0v) is 16.5. The molecule has 2 aliphatic heterocycles. The van der Waals surface area contributed by atoms with Crippen molar-refractivity contribution in [3.63, 3.8) is 0 Å². The second-order valence-corrected chi connectivity index (χ2v) is 7.07. The summed E-state index contributed by atoms with van der Waals surface area (Å²) in [6.45, 7) is 0.595. The maximum atomic E-state index is 11.0. The number of aliphatic hydroxyl groups excluding tert-OH is 1. The molecular weight excluding hydrogens is 376 g/mol. The van der Waals surface area contributed by atoms with E-state index >= 15 is 0 Å². The van der Waals surface area contributed by atoms with Gasteiger partial charge in [-0.3, -0.25) is 0 Å². The number of benzene rings is 2. The van der Waals surface area contributed by atoms with E-state index in [1.165, 1.54) is 7.11 Å². The Morgan fingerprint density at radius 2 is 1.76 bits per heavy atom. The molecule has 2 aromatic rings. The standard InChI is InChI=1S/C22H26O7/c1-24-16-10-8-14(9-11-16)12-26-20-18(23)19-17(28-22(20)25-2)13-27-21(29-19)15-6-4-3-5-7-15/h3-11,17-23H,12-13H2,1-2H3/t17-,18+,19-,20+,21-,22+/m1/s1. The van der Waals surface area contributed by atoms with Crippen LogP contribution in [0.3, 0.4) is 0 Å². The summed E-state index contributed by atoms with van der Waals surface area (Å²) in [5, 5.41) is 11.0. The fraction of sp³-hybridized carbons (Fsp3) is 0.455. The first kappa shape index (κ1) is 20.3. The summed E-state index contributed by atoms with van der Waals surface area (Å²) in [6.07, 6.45) is -3.91. The number of ether oxygens (including phenoxy) is 6. The van der Waals surface area contributed by atoms with Crippen LogP contribution in [0.4, 0.5) is 0 Å². The first-order chi connectivity index (χ1) is 14.2. The number of hydrogen-bond acceptors (Lipinski definition) is 7. The van der Waals surface area contributed by atoms with Gasteiger partial charge in [0.2, 0.25) is 0 Å². The van der Waals surface area contributed by atoms with Crippen LogP contribution < -0.4 is 4.74 Å². The van der Waals surface area contributed by atoms with Gasteiger partial charge in [-0.25, -0.2) is 0 Å². The summed E-state index contributed by atoms with van der Waals surface area (Å²) in [5.74, 6) is 0.773. The van der Waals surface area contributed by atoms with Crippen LogP contribution in [0.15, 0.2) is 54.6 Å². The highest BCUT2D eigenvalue weighted by Gasteiger charge is 2.50. The van der Waals surface area contributed by atoms with Crippen molar-refractivity contribution in [3.05, 3.63) is 65.7 Å². The van der Waals surface area contributed by atoms with Gasteiger partial charge in [0, 0.05) is 12.7 Å². The van der Waals surface area contributed by atoms with E-state index in [0.29, 0.717) is 13.2 Å². The molecule has 0 bridgehead atoms. The van der Waals surface area contributed by atoms with Gasteiger partial charge in [-0.05, 0) is 17.7 Å².